The van der Waals surface area contributed by atoms with E-state index in [2.05, 4.69) is 25.5 Å². The average molecular weight is 371 g/mol. The van der Waals surface area contributed by atoms with Crippen molar-refractivity contribution in [2.75, 3.05) is 12.5 Å². The molecule has 2 heterocycles. The number of hydrogen-bond acceptors (Lipinski definition) is 7. The van der Waals surface area contributed by atoms with E-state index in [9.17, 15) is 5.11 Å². The van der Waals surface area contributed by atoms with Gasteiger partial charge in [0.15, 0.2) is 23.1 Å². The summed E-state index contributed by atoms with van der Waals surface area (Å²) >= 11 is 0. The Morgan fingerprint density at radius 3 is 2.75 bits per heavy atom. The van der Waals surface area contributed by atoms with Gasteiger partial charge in [-0.1, -0.05) is 18.2 Å². The molecule has 0 fully saturated rings. The van der Waals surface area contributed by atoms with E-state index in [0.29, 0.717) is 23.0 Å². The van der Waals surface area contributed by atoms with Gasteiger partial charge >= 0.3 is 0 Å². The van der Waals surface area contributed by atoms with E-state index in [1.54, 1.807) is 30.6 Å². The molecule has 0 aliphatic carbocycles. The van der Waals surface area contributed by atoms with Gasteiger partial charge < -0.3 is 9.84 Å². The van der Waals surface area contributed by atoms with Gasteiger partial charge in [-0.3, -0.25) is 10.4 Å². The summed E-state index contributed by atoms with van der Waals surface area (Å²) in [6.07, 6.45) is 4.93. The number of rotatable bonds is 5. The quantitative estimate of drug-likeness (QED) is 0.409. The molecule has 0 bridgehead atoms. The van der Waals surface area contributed by atoms with Crippen molar-refractivity contribution in [2.24, 2.45) is 5.10 Å². The van der Waals surface area contributed by atoms with Gasteiger partial charge in [-0.2, -0.15) is 5.10 Å². The van der Waals surface area contributed by atoms with Crippen LogP contribution in [0.15, 0.2) is 72.1 Å². The third-order valence-electron chi connectivity index (χ3n) is 4.15. The van der Waals surface area contributed by atoms with E-state index >= 15 is 0 Å². The molecule has 0 atom stereocenters. The maximum atomic E-state index is 10.2. The van der Waals surface area contributed by atoms with Crippen molar-refractivity contribution in [3.8, 4) is 22.9 Å². The number of hydrazone groups is 1. The van der Waals surface area contributed by atoms with E-state index in [1.807, 2.05) is 36.4 Å². The van der Waals surface area contributed by atoms with Gasteiger partial charge in [0, 0.05) is 28.9 Å². The largest absolute Gasteiger partial charge is 0.504 e. The maximum Gasteiger partial charge on any atom is 0.166 e. The predicted octanol–water partition coefficient (Wildman–Crippen LogP) is 3.85. The van der Waals surface area contributed by atoms with Gasteiger partial charge in [-0.25, -0.2) is 9.97 Å². The van der Waals surface area contributed by atoms with Crippen molar-refractivity contribution in [3.63, 3.8) is 0 Å². The summed E-state index contributed by atoms with van der Waals surface area (Å²) in [5, 5.41) is 15.2. The number of phenolic OH excluding ortho intramolecular Hbond substituents is 1. The molecule has 0 amide bonds. The lowest BCUT2D eigenvalue weighted by Crippen LogP contribution is -1.99. The van der Waals surface area contributed by atoms with Gasteiger partial charge in [0.05, 0.1) is 18.8 Å². The molecule has 0 aliphatic rings. The molecule has 0 radical (unpaired) electrons. The average Bonchev–Trinajstić information content (AvgIpc) is 2.75. The highest BCUT2D eigenvalue weighted by molar-refractivity contribution is 5.91. The number of aromatic hydroxyl groups is 1. The highest BCUT2D eigenvalue weighted by Crippen LogP contribution is 2.28. The lowest BCUT2D eigenvalue weighted by molar-refractivity contribution is 0.373. The van der Waals surface area contributed by atoms with Crippen molar-refractivity contribution < 1.29 is 9.84 Å². The fourth-order valence-corrected chi connectivity index (χ4v) is 2.76. The second-order valence-electron chi connectivity index (χ2n) is 5.92. The summed E-state index contributed by atoms with van der Waals surface area (Å²) in [6.45, 7) is 0. The normalized spacial score (nSPS) is 11.0. The molecule has 2 aromatic carbocycles. The van der Waals surface area contributed by atoms with E-state index in [4.69, 9.17) is 4.74 Å². The van der Waals surface area contributed by atoms with Crippen LogP contribution in [0.4, 0.5) is 5.82 Å². The minimum Gasteiger partial charge on any atom is -0.504 e. The van der Waals surface area contributed by atoms with E-state index in [1.165, 1.54) is 13.3 Å². The number of para-hydroxylation sites is 2. The number of methoxy groups -OCH3 is 1. The predicted molar refractivity (Wildman–Crippen MR) is 109 cm³/mol. The van der Waals surface area contributed by atoms with Crippen LogP contribution in [0.1, 0.15) is 5.56 Å². The standard InChI is InChI=1S/C21H17N5O2/c1-28-18-10-4-6-14(19(18)27)13-23-26-21-16-8-2-3-9-17(16)24-20(25-21)15-7-5-11-22-12-15/h2-13,27H,1H3,(H,24,25,26)/b23-13-. The Bertz CT molecular complexity index is 1150. The lowest BCUT2D eigenvalue weighted by Gasteiger charge is -2.08. The van der Waals surface area contributed by atoms with Gasteiger partial charge in [-0.15, -0.1) is 0 Å². The van der Waals surface area contributed by atoms with Crippen molar-refractivity contribution >= 4 is 22.9 Å². The van der Waals surface area contributed by atoms with Gasteiger partial charge in [-0.05, 0) is 36.4 Å². The van der Waals surface area contributed by atoms with Crippen LogP contribution < -0.4 is 10.2 Å². The molecule has 0 aliphatic heterocycles. The smallest absolute Gasteiger partial charge is 0.166 e. The zero-order chi connectivity index (χ0) is 19.3. The Morgan fingerprint density at radius 1 is 1.04 bits per heavy atom. The second kappa shape index (κ2) is 7.71. The number of nitrogens with zero attached hydrogens (tertiary/aromatic N) is 4. The number of anilines is 1. The second-order valence-corrected chi connectivity index (χ2v) is 5.92. The monoisotopic (exact) mass is 371 g/mol. The first-order valence-corrected chi connectivity index (χ1v) is 8.58. The van der Waals surface area contributed by atoms with Gasteiger partial charge in [0.25, 0.3) is 0 Å². The molecule has 28 heavy (non-hydrogen) atoms. The molecule has 7 nitrogen and oxygen atoms in total. The first-order valence-electron chi connectivity index (χ1n) is 8.58. The number of benzene rings is 2. The van der Waals surface area contributed by atoms with Crippen LogP contribution >= 0.6 is 0 Å². The Morgan fingerprint density at radius 2 is 1.93 bits per heavy atom. The molecular weight excluding hydrogens is 354 g/mol. The number of hydrogen-bond donors (Lipinski definition) is 2. The first kappa shape index (κ1) is 17.4. The van der Waals surface area contributed by atoms with Gasteiger partial charge in [0.1, 0.15) is 0 Å². The van der Waals surface area contributed by atoms with Gasteiger partial charge in [0.2, 0.25) is 0 Å². The van der Waals surface area contributed by atoms with Crippen LogP contribution in [0, 0.1) is 0 Å². The molecule has 138 valence electrons. The summed E-state index contributed by atoms with van der Waals surface area (Å²) in [7, 11) is 1.50. The molecule has 0 spiro atoms. The van der Waals surface area contributed by atoms with E-state index < -0.39 is 0 Å². The number of ether oxygens (including phenoxy) is 1. The Kier molecular flexibility index (Phi) is 4.79. The Balaban J connectivity index is 1.70. The summed E-state index contributed by atoms with van der Waals surface area (Å²) in [6, 6.07) is 16.6. The van der Waals surface area contributed by atoms with Crippen molar-refractivity contribution in [1.82, 2.24) is 15.0 Å². The van der Waals surface area contributed by atoms with Crippen LogP contribution in [-0.4, -0.2) is 33.4 Å². The molecule has 0 saturated heterocycles. The molecule has 4 aromatic rings. The first-order chi connectivity index (χ1) is 13.8. The molecule has 7 heteroatoms. The minimum absolute atomic E-state index is 0.0270. The zero-order valence-electron chi connectivity index (χ0n) is 15.1. The summed E-state index contributed by atoms with van der Waals surface area (Å²) in [5.74, 6) is 1.52. The molecule has 0 saturated carbocycles. The fourth-order valence-electron chi connectivity index (χ4n) is 2.76. The number of fused-ring (bicyclic) bond motifs is 1. The van der Waals surface area contributed by atoms with Crippen molar-refractivity contribution in [3.05, 3.63) is 72.6 Å². The highest BCUT2D eigenvalue weighted by Gasteiger charge is 2.09. The molecule has 2 N–H and O–H groups in total. The van der Waals surface area contributed by atoms with E-state index in [0.717, 1.165) is 16.5 Å². The number of phenols is 1. The third-order valence-corrected chi connectivity index (χ3v) is 4.15. The zero-order valence-corrected chi connectivity index (χ0v) is 15.1. The van der Waals surface area contributed by atoms with Crippen LogP contribution in [-0.2, 0) is 0 Å². The van der Waals surface area contributed by atoms with Crippen LogP contribution in [0.5, 0.6) is 11.5 Å². The van der Waals surface area contributed by atoms with Crippen molar-refractivity contribution in [1.29, 1.82) is 0 Å². The maximum absolute atomic E-state index is 10.2. The van der Waals surface area contributed by atoms with Crippen LogP contribution in [0.3, 0.4) is 0 Å². The Hall–Kier alpha value is -4.00. The number of pyridine rings is 1. The minimum atomic E-state index is 0.0270. The number of nitrogens with one attached hydrogen (secondary N) is 1. The summed E-state index contributed by atoms with van der Waals surface area (Å²) < 4.78 is 5.11. The van der Waals surface area contributed by atoms with E-state index in [-0.39, 0.29) is 5.75 Å². The fraction of sp³-hybridized carbons (Fsp3) is 0.0476. The molecule has 4 rings (SSSR count). The molecule has 0 unspecified atom stereocenters. The Labute approximate surface area is 161 Å². The SMILES string of the molecule is COc1cccc(/C=N\Nc2nc(-c3cccnc3)nc3ccccc23)c1O. The van der Waals surface area contributed by atoms with Crippen LogP contribution in [0.2, 0.25) is 0 Å². The highest BCUT2D eigenvalue weighted by atomic mass is 16.5. The topological polar surface area (TPSA) is 92.5 Å². The van der Waals surface area contributed by atoms with Crippen molar-refractivity contribution in [2.45, 2.75) is 0 Å². The summed E-state index contributed by atoms with van der Waals surface area (Å²) in [4.78, 5) is 13.3. The molecular formula is C21H17N5O2. The summed E-state index contributed by atoms with van der Waals surface area (Å²) in [5.41, 5.74) is 5.08. The lowest BCUT2D eigenvalue weighted by atomic mass is 10.2. The number of aromatic nitrogens is 3. The van der Waals surface area contributed by atoms with Crippen LogP contribution in [0.25, 0.3) is 22.3 Å². The third kappa shape index (κ3) is 3.45. The molecule has 2 aromatic heterocycles.